The molecule has 0 unspecified atom stereocenters. The number of benzene rings is 2. The molecule has 94 valence electrons. The number of ether oxygens (including phenoxy) is 1. The highest BCUT2D eigenvalue weighted by Crippen LogP contribution is 2.32. The summed E-state index contributed by atoms with van der Waals surface area (Å²) in [4.78, 5) is 2.09. The maximum absolute atomic E-state index is 6.05. The van der Waals surface area contributed by atoms with Gasteiger partial charge in [0.2, 0.25) is 0 Å². The lowest BCUT2D eigenvalue weighted by Crippen LogP contribution is -2.12. The molecule has 0 saturated carbocycles. The number of para-hydroxylation sites is 1. The van der Waals surface area contributed by atoms with Crippen LogP contribution in [-0.4, -0.2) is 14.2 Å². The molecule has 3 heteroatoms. The van der Waals surface area contributed by atoms with Crippen molar-refractivity contribution in [3.05, 3.63) is 48.0 Å². The van der Waals surface area contributed by atoms with Crippen molar-refractivity contribution in [3.8, 4) is 5.75 Å². The standard InChI is InChI=1S/C15H18N2O/c1-11-5-4-6-14(16)15(11)17(2)12-7-9-13(18-3)10-8-12/h4-10H,16H2,1-3H3. The Hall–Kier alpha value is -2.16. The first-order valence-electron chi connectivity index (χ1n) is 5.86. The van der Waals surface area contributed by atoms with Crippen LogP contribution in [0.1, 0.15) is 5.56 Å². The maximum atomic E-state index is 6.05. The first-order valence-corrected chi connectivity index (χ1v) is 5.86. The first-order chi connectivity index (χ1) is 8.63. The minimum Gasteiger partial charge on any atom is -0.497 e. The van der Waals surface area contributed by atoms with Crippen LogP contribution in [0.3, 0.4) is 0 Å². The second-order valence-electron chi connectivity index (χ2n) is 4.27. The lowest BCUT2D eigenvalue weighted by atomic mass is 10.1. The van der Waals surface area contributed by atoms with Gasteiger partial charge in [0.05, 0.1) is 18.5 Å². The van der Waals surface area contributed by atoms with Gasteiger partial charge in [-0.1, -0.05) is 12.1 Å². The van der Waals surface area contributed by atoms with Crippen LogP contribution < -0.4 is 15.4 Å². The third-order valence-electron chi connectivity index (χ3n) is 3.06. The number of methoxy groups -OCH3 is 1. The molecule has 3 nitrogen and oxygen atoms in total. The van der Waals surface area contributed by atoms with Crippen molar-refractivity contribution in [1.29, 1.82) is 0 Å². The van der Waals surface area contributed by atoms with E-state index in [0.717, 1.165) is 28.4 Å². The van der Waals surface area contributed by atoms with Gasteiger partial charge in [-0.2, -0.15) is 0 Å². The molecule has 2 rings (SSSR count). The Labute approximate surface area is 108 Å². The van der Waals surface area contributed by atoms with Crippen molar-refractivity contribution in [2.75, 3.05) is 24.8 Å². The summed E-state index contributed by atoms with van der Waals surface area (Å²) < 4.78 is 5.16. The average Bonchev–Trinajstić information content (AvgIpc) is 2.38. The first kappa shape index (κ1) is 12.3. The molecule has 0 fully saturated rings. The van der Waals surface area contributed by atoms with Gasteiger partial charge >= 0.3 is 0 Å². The molecule has 2 N–H and O–H groups in total. The molecule has 0 aliphatic carbocycles. The molecule has 0 aliphatic heterocycles. The number of hydrogen-bond acceptors (Lipinski definition) is 3. The van der Waals surface area contributed by atoms with Crippen LogP contribution in [0.4, 0.5) is 17.1 Å². The lowest BCUT2D eigenvalue weighted by molar-refractivity contribution is 0.415. The second kappa shape index (κ2) is 5.00. The van der Waals surface area contributed by atoms with Crippen molar-refractivity contribution in [1.82, 2.24) is 0 Å². The smallest absolute Gasteiger partial charge is 0.119 e. The SMILES string of the molecule is COc1ccc(N(C)c2c(C)cccc2N)cc1. The zero-order valence-corrected chi connectivity index (χ0v) is 11.0. The summed E-state index contributed by atoms with van der Waals surface area (Å²) in [7, 11) is 3.68. The molecule has 0 bridgehead atoms. The Morgan fingerprint density at radius 3 is 2.28 bits per heavy atom. The van der Waals surface area contributed by atoms with Crippen LogP contribution in [0.5, 0.6) is 5.75 Å². The molecule has 2 aromatic carbocycles. The van der Waals surface area contributed by atoms with Crippen LogP contribution >= 0.6 is 0 Å². The number of hydrogen-bond donors (Lipinski definition) is 1. The van der Waals surface area contributed by atoms with Crippen LogP contribution in [-0.2, 0) is 0 Å². The van der Waals surface area contributed by atoms with E-state index < -0.39 is 0 Å². The van der Waals surface area contributed by atoms with E-state index in [1.165, 1.54) is 0 Å². The molecular formula is C15H18N2O. The van der Waals surface area contributed by atoms with Crippen LogP contribution in [0.2, 0.25) is 0 Å². The lowest BCUT2D eigenvalue weighted by Gasteiger charge is -2.23. The molecule has 2 aromatic rings. The van der Waals surface area contributed by atoms with E-state index in [1.54, 1.807) is 7.11 Å². The molecule has 0 atom stereocenters. The Morgan fingerprint density at radius 2 is 1.72 bits per heavy atom. The number of nitrogens with two attached hydrogens (primary N) is 1. The number of rotatable bonds is 3. The monoisotopic (exact) mass is 242 g/mol. The molecule has 0 saturated heterocycles. The topological polar surface area (TPSA) is 38.5 Å². The van der Waals surface area contributed by atoms with E-state index in [0.29, 0.717) is 0 Å². The molecule has 0 aromatic heterocycles. The molecule has 0 aliphatic rings. The summed E-state index contributed by atoms with van der Waals surface area (Å²) in [5.74, 6) is 0.852. The Balaban J connectivity index is 2.38. The summed E-state index contributed by atoms with van der Waals surface area (Å²) in [6, 6.07) is 13.9. The highest BCUT2D eigenvalue weighted by molar-refractivity contribution is 5.77. The summed E-state index contributed by atoms with van der Waals surface area (Å²) in [6.45, 7) is 2.06. The van der Waals surface area contributed by atoms with Crippen molar-refractivity contribution in [2.24, 2.45) is 0 Å². The van der Waals surface area contributed by atoms with Gasteiger partial charge < -0.3 is 15.4 Å². The predicted octanol–water partition coefficient (Wildman–Crippen LogP) is 3.35. The fourth-order valence-electron chi connectivity index (χ4n) is 2.07. The Bertz CT molecular complexity index is 514. The minimum atomic E-state index is 0.785. The van der Waals surface area contributed by atoms with Crippen LogP contribution in [0.25, 0.3) is 0 Å². The van der Waals surface area contributed by atoms with Crippen molar-refractivity contribution < 1.29 is 4.74 Å². The molecule has 0 amide bonds. The highest BCUT2D eigenvalue weighted by Gasteiger charge is 2.10. The van der Waals surface area contributed by atoms with Crippen molar-refractivity contribution >= 4 is 17.1 Å². The zero-order valence-electron chi connectivity index (χ0n) is 11.0. The molecule has 0 heterocycles. The molecule has 18 heavy (non-hydrogen) atoms. The van der Waals surface area contributed by atoms with Gasteiger partial charge in [0.15, 0.2) is 0 Å². The minimum absolute atomic E-state index is 0.785. The summed E-state index contributed by atoms with van der Waals surface area (Å²) in [5, 5.41) is 0. The van der Waals surface area contributed by atoms with Gasteiger partial charge in [-0.15, -0.1) is 0 Å². The van der Waals surface area contributed by atoms with E-state index in [-0.39, 0.29) is 0 Å². The average molecular weight is 242 g/mol. The van der Waals surface area contributed by atoms with Gasteiger partial charge in [-0.25, -0.2) is 0 Å². The second-order valence-corrected chi connectivity index (χ2v) is 4.27. The summed E-state index contributed by atoms with van der Waals surface area (Å²) >= 11 is 0. The number of nitrogen functional groups attached to an aromatic ring is 1. The fourth-order valence-corrected chi connectivity index (χ4v) is 2.07. The molecule has 0 spiro atoms. The quantitative estimate of drug-likeness (QED) is 0.839. The third-order valence-corrected chi connectivity index (χ3v) is 3.06. The van der Waals surface area contributed by atoms with Gasteiger partial charge in [0.1, 0.15) is 5.75 Å². The predicted molar refractivity (Wildman–Crippen MR) is 76.6 cm³/mol. The number of aryl methyl sites for hydroxylation is 1. The van der Waals surface area contributed by atoms with Gasteiger partial charge in [-0.3, -0.25) is 0 Å². The fraction of sp³-hybridized carbons (Fsp3) is 0.200. The number of nitrogens with zero attached hydrogens (tertiary/aromatic N) is 1. The van der Waals surface area contributed by atoms with E-state index >= 15 is 0 Å². The highest BCUT2D eigenvalue weighted by atomic mass is 16.5. The van der Waals surface area contributed by atoms with E-state index in [4.69, 9.17) is 10.5 Å². The van der Waals surface area contributed by atoms with Gasteiger partial charge in [0, 0.05) is 12.7 Å². The number of anilines is 3. The summed E-state index contributed by atoms with van der Waals surface area (Å²) in [5.41, 5.74) is 10.1. The van der Waals surface area contributed by atoms with E-state index in [2.05, 4.69) is 17.9 Å². The Morgan fingerprint density at radius 1 is 1.06 bits per heavy atom. The van der Waals surface area contributed by atoms with Gasteiger partial charge in [-0.05, 0) is 42.8 Å². The normalized spacial score (nSPS) is 10.2. The van der Waals surface area contributed by atoms with Crippen molar-refractivity contribution in [3.63, 3.8) is 0 Å². The zero-order chi connectivity index (χ0) is 13.1. The Kier molecular flexibility index (Phi) is 3.42. The molecule has 0 radical (unpaired) electrons. The van der Waals surface area contributed by atoms with E-state index in [1.807, 2.05) is 43.4 Å². The molecular weight excluding hydrogens is 224 g/mol. The van der Waals surface area contributed by atoms with Crippen LogP contribution in [0.15, 0.2) is 42.5 Å². The maximum Gasteiger partial charge on any atom is 0.119 e. The van der Waals surface area contributed by atoms with Crippen LogP contribution in [0, 0.1) is 6.92 Å². The largest absolute Gasteiger partial charge is 0.497 e. The van der Waals surface area contributed by atoms with Crippen molar-refractivity contribution in [2.45, 2.75) is 6.92 Å². The third kappa shape index (κ3) is 2.25. The van der Waals surface area contributed by atoms with E-state index in [9.17, 15) is 0 Å². The summed E-state index contributed by atoms with van der Waals surface area (Å²) in [6.07, 6.45) is 0. The van der Waals surface area contributed by atoms with Gasteiger partial charge in [0.25, 0.3) is 0 Å².